The van der Waals surface area contributed by atoms with Crippen LogP contribution in [0.25, 0.3) is 10.9 Å². The van der Waals surface area contributed by atoms with Crippen LogP contribution in [0.4, 0.5) is 0 Å². The molecular formula is C21H26N4O3S. The van der Waals surface area contributed by atoms with Gasteiger partial charge in [0.1, 0.15) is 5.69 Å². The minimum Gasteiger partial charge on any atom is -0.351 e. The Morgan fingerprint density at radius 2 is 1.86 bits per heavy atom. The number of aromatic nitrogens is 2. The largest absolute Gasteiger partial charge is 0.351 e. The highest BCUT2D eigenvalue weighted by Crippen LogP contribution is 2.25. The third-order valence-electron chi connectivity index (χ3n) is 4.79. The smallest absolute Gasteiger partial charge is 0.267 e. The second-order valence-electron chi connectivity index (χ2n) is 7.09. The molecule has 1 aromatic carbocycles. The number of unbranched alkanes of at least 4 members (excludes halogenated alkanes) is 1. The van der Waals surface area contributed by atoms with Gasteiger partial charge in [0.15, 0.2) is 0 Å². The van der Waals surface area contributed by atoms with Crippen molar-refractivity contribution in [2.45, 2.75) is 31.2 Å². The van der Waals surface area contributed by atoms with Crippen molar-refractivity contribution in [3.05, 3.63) is 60.0 Å². The number of benzene rings is 1. The van der Waals surface area contributed by atoms with Crippen LogP contribution in [0.2, 0.25) is 0 Å². The van der Waals surface area contributed by atoms with Crippen LogP contribution in [-0.4, -0.2) is 48.8 Å². The van der Waals surface area contributed by atoms with Crippen LogP contribution in [0.15, 0.2) is 53.7 Å². The van der Waals surface area contributed by atoms with Crippen molar-refractivity contribution in [2.24, 2.45) is 0 Å². The maximum Gasteiger partial charge on any atom is 0.267 e. The fourth-order valence-electron chi connectivity index (χ4n) is 3.12. The highest BCUT2D eigenvalue weighted by molar-refractivity contribution is 7.89. The van der Waals surface area contributed by atoms with Crippen molar-refractivity contribution >= 4 is 26.8 Å². The normalized spacial score (nSPS) is 11.9. The van der Waals surface area contributed by atoms with E-state index < -0.39 is 10.0 Å². The number of fused-ring (bicyclic) bond motifs is 1. The maximum absolute atomic E-state index is 12.8. The molecule has 0 saturated heterocycles. The Balaban J connectivity index is 2.08. The van der Waals surface area contributed by atoms with Crippen molar-refractivity contribution in [1.82, 2.24) is 19.2 Å². The quantitative estimate of drug-likeness (QED) is 0.575. The summed E-state index contributed by atoms with van der Waals surface area (Å²) in [6.45, 7) is 3.16. The van der Waals surface area contributed by atoms with Gasteiger partial charge in [0.2, 0.25) is 10.0 Å². The van der Waals surface area contributed by atoms with Crippen molar-refractivity contribution in [1.29, 1.82) is 0 Å². The fourth-order valence-corrected chi connectivity index (χ4v) is 4.06. The number of hydrogen-bond donors (Lipinski definition) is 1. The summed E-state index contributed by atoms with van der Waals surface area (Å²) >= 11 is 0. The zero-order valence-corrected chi connectivity index (χ0v) is 17.7. The summed E-state index contributed by atoms with van der Waals surface area (Å²) in [5, 5.41) is 3.66. The van der Waals surface area contributed by atoms with Crippen molar-refractivity contribution < 1.29 is 13.2 Å². The lowest BCUT2D eigenvalue weighted by Gasteiger charge is -2.13. The molecule has 8 heteroatoms. The standard InChI is InChI=1S/C21H26N4O3S/c1-4-5-10-23-21(26)20-14-17-13-18(29(27,28)24(2)3)6-7-19(17)25(20)15-16-8-11-22-12-9-16/h6-9,11-14H,4-5,10,15H2,1-3H3,(H,23,26). The zero-order chi connectivity index (χ0) is 21.0. The Morgan fingerprint density at radius 3 is 2.52 bits per heavy atom. The molecule has 1 N–H and O–H groups in total. The number of carbonyl (C=O) groups is 1. The summed E-state index contributed by atoms with van der Waals surface area (Å²) in [4.78, 5) is 17.1. The molecule has 0 atom stereocenters. The molecule has 0 bridgehead atoms. The lowest BCUT2D eigenvalue weighted by Crippen LogP contribution is -2.27. The number of sulfonamides is 1. The average Bonchev–Trinajstić information content (AvgIpc) is 3.06. The molecule has 0 spiro atoms. The van der Waals surface area contributed by atoms with Gasteiger partial charge in [-0.15, -0.1) is 0 Å². The van der Waals surface area contributed by atoms with E-state index in [2.05, 4.69) is 17.2 Å². The van der Waals surface area contributed by atoms with Crippen LogP contribution in [0, 0.1) is 0 Å². The topological polar surface area (TPSA) is 84.3 Å². The van der Waals surface area contributed by atoms with E-state index >= 15 is 0 Å². The number of pyridine rings is 1. The summed E-state index contributed by atoms with van der Waals surface area (Å²) < 4.78 is 28.1. The molecule has 29 heavy (non-hydrogen) atoms. The number of hydrogen-bond acceptors (Lipinski definition) is 4. The Kier molecular flexibility index (Phi) is 6.34. The Hall–Kier alpha value is -2.71. The predicted octanol–water partition coefficient (Wildman–Crippen LogP) is 2.86. The Morgan fingerprint density at radius 1 is 1.14 bits per heavy atom. The summed E-state index contributed by atoms with van der Waals surface area (Å²) in [7, 11) is -0.552. The van der Waals surface area contributed by atoms with Gasteiger partial charge in [0.05, 0.1) is 4.90 Å². The minimum absolute atomic E-state index is 0.166. The fraction of sp³-hybridized carbons (Fsp3) is 0.333. The van der Waals surface area contributed by atoms with Crippen LogP contribution in [-0.2, 0) is 16.6 Å². The van der Waals surface area contributed by atoms with Crippen LogP contribution in [0.1, 0.15) is 35.8 Å². The minimum atomic E-state index is -3.55. The van der Waals surface area contributed by atoms with E-state index in [1.54, 1.807) is 36.7 Å². The molecule has 0 unspecified atom stereocenters. The summed E-state index contributed by atoms with van der Waals surface area (Å²) in [5.41, 5.74) is 2.32. The molecule has 0 aliphatic carbocycles. The molecular weight excluding hydrogens is 388 g/mol. The molecule has 2 heterocycles. The second kappa shape index (κ2) is 8.75. The molecule has 0 radical (unpaired) electrons. The van der Waals surface area contributed by atoms with Gasteiger partial charge < -0.3 is 9.88 Å². The van der Waals surface area contributed by atoms with Gasteiger partial charge in [-0.3, -0.25) is 9.78 Å². The SMILES string of the molecule is CCCCNC(=O)c1cc2cc(S(=O)(=O)N(C)C)ccc2n1Cc1ccncc1. The lowest BCUT2D eigenvalue weighted by atomic mass is 10.2. The molecule has 3 aromatic rings. The number of amides is 1. The summed E-state index contributed by atoms with van der Waals surface area (Å²) in [6, 6.07) is 10.5. The van der Waals surface area contributed by atoms with E-state index in [0.29, 0.717) is 24.2 Å². The predicted molar refractivity (Wildman–Crippen MR) is 113 cm³/mol. The molecule has 3 rings (SSSR count). The number of nitrogens with one attached hydrogen (secondary N) is 1. The van der Waals surface area contributed by atoms with Crippen molar-refractivity contribution in [3.63, 3.8) is 0 Å². The van der Waals surface area contributed by atoms with Crippen LogP contribution >= 0.6 is 0 Å². The van der Waals surface area contributed by atoms with E-state index in [1.807, 2.05) is 16.7 Å². The molecule has 0 fully saturated rings. The first-order chi connectivity index (χ1) is 13.8. The van der Waals surface area contributed by atoms with E-state index in [1.165, 1.54) is 18.4 Å². The molecule has 1 amide bonds. The highest BCUT2D eigenvalue weighted by atomic mass is 32.2. The molecule has 2 aromatic heterocycles. The van der Waals surface area contributed by atoms with Gasteiger partial charge in [-0.1, -0.05) is 13.3 Å². The van der Waals surface area contributed by atoms with Crippen molar-refractivity contribution in [3.8, 4) is 0 Å². The van der Waals surface area contributed by atoms with Gasteiger partial charge in [0.25, 0.3) is 5.91 Å². The third kappa shape index (κ3) is 4.49. The van der Waals surface area contributed by atoms with Gasteiger partial charge in [-0.05, 0) is 48.4 Å². The number of nitrogens with zero attached hydrogens (tertiary/aromatic N) is 3. The van der Waals surface area contributed by atoms with Crippen LogP contribution < -0.4 is 5.32 Å². The number of rotatable bonds is 8. The lowest BCUT2D eigenvalue weighted by molar-refractivity contribution is 0.0945. The van der Waals surface area contributed by atoms with Crippen molar-refractivity contribution in [2.75, 3.05) is 20.6 Å². The zero-order valence-electron chi connectivity index (χ0n) is 16.9. The van der Waals surface area contributed by atoms with E-state index in [9.17, 15) is 13.2 Å². The van der Waals surface area contributed by atoms with Gasteiger partial charge in [0, 0.05) is 50.5 Å². The Labute approximate surface area is 171 Å². The van der Waals surface area contributed by atoms with Crippen LogP contribution in [0.5, 0.6) is 0 Å². The summed E-state index contributed by atoms with van der Waals surface area (Å²) in [6.07, 6.45) is 5.32. The third-order valence-corrected chi connectivity index (χ3v) is 6.60. The first-order valence-corrected chi connectivity index (χ1v) is 11.0. The first kappa shape index (κ1) is 21.0. The Bertz CT molecular complexity index is 1110. The van der Waals surface area contributed by atoms with Gasteiger partial charge in [-0.25, -0.2) is 12.7 Å². The monoisotopic (exact) mass is 414 g/mol. The maximum atomic E-state index is 12.8. The van der Waals surface area contributed by atoms with E-state index in [-0.39, 0.29) is 10.8 Å². The molecule has 0 aliphatic heterocycles. The molecule has 0 aliphatic rings. The molecule has 0 saturated carbocycles. The average molecular weight is 415 g/mol. The number of carbonyl (C=O) groups excluding carboxylic acids is 1. The van der Waals surface area contributed by atoms with E-state index in [4.69, 9.17) is 0 Å². The van der Waals surface area contributed by atoms with Crippen LogP contribution in [0.3, 0.4) is 0 Å². The van der Waals surface area contributed by atoms with Gasteiger partial charge >= 0.3 is 0 Å². The molecule has 154 valence electrons. The first-order valence-electron chi connectivity index (χ1n) is 9.57. The van der Waals surface area contributed by atoms with E-state index in [0.717, 1.165) is 23.9 Å². The molecule has 7 nitrogen and oxygen atoms in total. The second-order valence-corrected chi connectivity index (χ2v) is 9.24. The highest BCUT2D eigenvalue weighted by Gasteiger charge is 2.21. The van der Waals surface area contributed by atoms with Gasteiger partial charge in [-0.2, -0.15) is 0 Å². The summed E-state index contributed by atoms with van der Waals surface area (Å²) in [5.74, 6) is -0.166.